The zero-order valence-electron chi connectivity index (χ0n) is 14.3. The van der Waals surface area contributed by atoms with Gasteiger partial charge in [0.25, 0.3) is 0 Å². The number of hydrogen-bond acceptors (Lipinski definition) is 3. The summed E-state index contributed by atoms with van der Waals surface area (Å²) in [6.45, 7) is 4.55. The van der Waals surface area contributed by atoms with Crippen LogP contribution < -0.4 is 0 Å². The van der Waals surface area contributed by atoms with Crippen molar-refractivity contribution in [2.75, 3.05) is 6.54 Å². The minimum Gasteiger partial charge on any atom is -0.340 e. The third-order valence-corrected chi connectivity index (χ3v) is 4.96. The Labute approximate surface area is 144 Å². The molecule has 1 aliphatic rings. The maximum absolute atomic E-state index is 13.4. The second kappa shape index (κ2) is 5.98. The molecule has 0 bridgehead atoms. The third kappa shape index (κ3) is 2.79. The fourth-order valence-corrected chi connectivity index (χ4v) is 3.60. The molecule has 0 saturated carbocycles. The van der Waals surface area contributed by atoms with Crippen LogP contribution in [0.3, 0.4) is 0 Å². The lowest BCUT2D eigenvalue weighted by Crippen LogP contribution is -2.32. The molecule has 0 spiro atoms. The van der Waals surface area contributed by atoms with Crippen LogP contribution >= 0.6 is 0 Å². The van der Waals surface area contributed by atoms with E-state index in [1.54, 1.807) is 6.07 Å². The quantitative estimate of drug-likeness (QED) is 0.769. The molecule has 6 nitrogen and oxygen atoms in total. The molecule has 1 aliphatic heterocycles. The molecule has 25 heavy (non-hydrogen) atoms. The maximum Gasteiger partial charge on any atom is 0.227 e. The smallest absolute Gasteiger partial charge is 0.227 e. The molecule has 7 heteroatoms. The van der Waals surface area contributed by atoms with E-state index in [1.165, 1.54) is 12.1 Å². The van der Waals surface area contributed by atoms with Crippen LogP contribution in [0.5, 0.6) is 0 Å². The first-order valence-electron chi connectivity index (χ1n) is 8.48. The van der Waals surface area contributed by atoms with Crippen molar-refractivity contribution in [2.24, 2.45) is 0 Å². The number of benzene rings is 1. The van der Waals surface area contributed by atoms with Crippen molar-refractivity contribution in [3.8, 4) is 0 Å². The van der Waals surface area contributed by atoms with E-state index in [0.29, 0.717) is 18.5 Å². The molecule has 4 rings (SSSR count). The van der Waals surface area contributed by atoms with Gasteiger partial charge in [0.05, 0.1) is 29.2 Å². The minimum atomic E-state index is -0.298. The summed E-state index contributed by atoms with van der Waals surface area (Å²) in [5.74, 6) is 0.502. The lowest BCUT2D eigenvalue weighted by Gasteiger charge is -2.23. The largest absolute Gasteiger partial charge is 0.340 e. The number of aromatic amines is 2. The lowest BCUT2D eigenvalue weighted by atomic mass is 10.1. The van der Waals surface area contributed by atoms with Crippen molar-refractivity contribution in [1.29, 1.82) is 0 Å². The monoisotopic (exact) mass is 341 g/mol. The fourth-order valence-electron chi connectivity index (χ4n) is 3.60. The predicted molar refractivity (Wildman–Crippen MR) is 91.5 cm³/mol. The summed E-state index contributed by atoms with van der Waals surface area (Å²) in [5.41, 5.74) is 4.14. The van der Waals surface area contributed by atoms with Gasteiger partial charge in [-0.15, -0.1) is 0 Å². The molecule has 1 atom stereocenters. The second-order valence-corrected chi connectivity index (χ2v) is 6.62. The Balaban J connectivity index is 1.60. The zero-order valence-corrected chi connectivity index (χ0v) is 14.3. The molecule has 1 fully saturated rings. The van der Waals surface area contributed by atoms with E-state index in [9.17, 15) is 9.18 Å². The number of aromatic nitrogens is 4. The highest BCUT2D eigenvalue weighted by Gasteiger charge is 2.32. The number of nitrogens with one attached hydrogen (secondary N) is 2. The van der Waals surface area contributed by atoms with E-state index < -0.39 is 0 Å². The van der Waals surface area contributed by atoms with Crippen molar-refractivity contribution in [1.82, 2.24) is 25.1 Å². The number of aryl methyl sites for hydroxylation is 2. The van der Waals surface area contributed by atoms with E-state index in [4.69, 9.17) is 0 Å². The summed E-state index contributed by atoms with van der Waals surface area (Å²) in [6, 6.07) is 4.40. The number of likely N-dealkylation sites (tertiary alicyclic amines) is 1. The predicted octanol–water partition coefficient (Wildman–Crippen LogP) is 2.95. The number of carbonyl (C=O) groups excluding carboxylic acids is 1. The van der Waals surface area contributed by atoms with Crippen LogP contribution in [0.15, 0.2) is 18.2 Å². The van der Waals surface area contributed by atoms with Gasteiger partial charge in [0, 0.05) is 17.8 Å². The van der Waals surface area contributed by atoms with Crippen LogP contribution in [0.4, 0.5) is 4.39 Å². The highest BCUT2D eigenvalue weighted by Crippen LogP contribution is 2.32. The van der Waals surface area contributed by atoms with Gasteiger partial charge >= 0.3 is 0 Å². The summed E-state index contributed by atoms with van der Waals surface area (Å²) >= 11 is 0. The van der Waals surface area contributed by atoms with Gasteiger partial charge in [0.15, 0.2) is 0 Å². The SMILES string of the molecule is Cc1n[nH]c(C)c1CC(=O)N1CCC[C@H]1c1nc2ccc(F)cc2[nH]1. The van der Waals surface area contributed by atoms with Crippen molar-refractivity contribution in [3.63, 3.8) is 0 Å². The van der Waals surface area contributed by atoms with Crippen LogP contribution in [0, 0.1) is 19.7 Å². The number of carbonyl (C=O) groups is 1. The number of fused-ring (bicyclic) bond motifs is 1. The van der Waals surface area contributed by atoms with E-state index >= 15 is 0 Å². The first kappa shape index (κ1) is 15.8. The molecule has 2 aromatic heterocycles. The summed E-state index contributed by atoms with van der Waals surface area (Å²) in [4.78, 5) is 22.5. The van der Waals surface area contributed by atoms with Crippen molar-refractivity contribution < 1.29 is 9.18 Å². The number of amides is 1. The van der Waals surface area contributed by atoms with Crippen LogP contribution in [-0.4, -0.2) is 37.5 Å². The Bertz CT molecular complexity index is 925. The average Bonchev–Trinajstić information content (AvgIpc) is 3.28. The molecule has 0 unspecified atom stereocenters. The molecule has 3 heterocycles. The molecule has 1 saturated heterocycles. The standard InChI is InChI=1S/C18H20FN5O/c1-10-13(11(2)23-22-10)9-17(25)24-7-3-4-16(24)18-20-14-6-5-12(19)8-15(14)21-18/h5-6,8,16H,3-4,7,9H2,1-2H3,(H,20,21)(H,22,23)/t16-/m0/s1. The van der Waals surface area contributed by atoms with Gasteiger partial charge in [0.1, 0.15) is 11.6 Å². The van der Waals surface area contributed by atoms with Crippen molar-refractivity contribution in [2.45, 2.75) is 39.2 Å². The van der Waals surface area contributed by atoms with Crippen molar-refractivity contribution in [3.05, 3.63) is 46.8 Å². The van der Waals surface area contributed by atoms with Gasteiger partial charge < -0.3 is 9.88 Å². The van der Waals surface area contributed by atoms with Gasteiger partial charge in [0.2, 0.25) is 5.91 Å². The number of rotatable bonds is 3. The van der Waals surface area contributed by atoms with Gasteiger partial charge in [-0.2, -0.15) is 5.10 Å². The van der Waals surface area contributed by atoms with Gasteiger partial charge in [-0.25, -0.2) is 9.37 Å². The van der Waals surface area contributed by atoms with E-state index in [-0.39, 0.29) is 17.8 Å². The Hall–Kier alpha value is -2.70. The Morgan fingerprint density at radius 3 is 3.00 bits per heavy atom. The number of halogens is 1. The number of nitrogens with zero attached hydrogens (tertiary/aromatic N) is 3. The van der Waals surface area contributed by atoms with Crippen LogP contribution in [-0.2, 0) is 11.2 Å². The van der Waals surface area contributed by atoms with Gasteiger partial charge in [-0.3, -0.25) is 9.89 Å². The number of hydrogen-bond donors (Lipinski definition) is 2. The molecular weight excluding hydrogens is 321 g/mol. The molecule has 130 valence electrons. The van der Waals surface area contributed by atoms with Crippen LogP contribution in [0.1, 0.15) is 41.7 Å². The number of imidazole rings is 1. The van der Waals surface area contributed by atoms with E-state index in [1.807, 2.05) is 18.7 Å². The molecule has 2 N–H and O–H groups in total. The van der Waals surface area contributed by atoms with Crippen molar-refractivity contribution >= 4 is 16.9 Å². The van der Waals surface area contributed by atoms with E-state index in [0.717, 1.165) is 41.1 Å². The van der Waals surface area contributed by atoms with Crippen LogP contribution in [0.25, 0.3) is 11.0 Å². The molecule has 1 amide bonds. The Kier molecular flexibility index (Phi) is 3.78. The Morgan fingerprint density at radius 2 is 2.24 bits per heavy atom. The Morgan fingerprint density at radius 1 is 1.40 bits per heavy atom. The second-order valence-electron chi connectivity index (χ2n) is 6.62. The molecule has 0 aliphatic carbocycles. The fraction of sp³-hybridized carbons (Fsp3) is 0.389. The summed E-state index contributed by atoms with van der Waals surface area (Å²) < 4.78 is 13.4. The maximum atomic E-state index is 13.4. The molecule has 3 aromatic rings. The third-order valence-electron chi connectivity index (χ3n) is 4.96. The molecular formula is C18H20FN5O. The first-order valence-corrected chi connectivity index (χ1v) is 8.48. The van der Waals surface area contributed by atoms with Crippen LogP contribution in [0.2, 0.25) is 0 Å². The average molecular weight is 341 g/mol. The first-order chi connectivity index (χ1) is 12.0. The number of H-pyrrole nitrogens is 2. The van der Waals surface area contributed by atoms with Gasteiger partial charge in [-0.1, -0.05) is 0 Å². The molecule has 1 aromatic carbocycles. The highest BCUT2D eigenvalue weighted by molar-refractivity contribution is 5.80. The van der Waals surface area contributed by atoms with Gasteiger partial charge in [-0.05, 0) is 44.9 Å². The topological polar surface area (TPSA) is 77.7 Å². The lowest BCUT2D eigenvalue weighted by molar-refractivity contribution is -0.131. The summed E-state index contributed by atoms with van der Waals surface area (Å²) in [6.07, 6.45) is 2.13. The molecule has 0 radical (unpaired) electrons. The summed E-state index contributed by atoms with van der Waals surface area (Å²) in [5, 5.41) is 7.08. The zero-order chi connectivity index (χ0) is 17.6. The highest BCUT2D eigenvalue weighted by atomic mass is 19.1. The minimum absolute atomic E-state index is 0.0711. The normalized spacial score (nSPS) is 17.6. The summed E-state index contributed by atoms with van der Waals surface area (Å²) in [7, 11) is 0. The van der Waals surface area contributed by atoms with E-state index in [2.05, 4.69) is 20.2 Å².